The molecule has 0 fully saturated rings. The van der Waals surface area contributed by atoms with Crippen LogP contribution in [0.25, 0.3) is 0 Å². The van der Waals surface area contributed by atoms with Gasteiger partial charge in [-0.1, -0.05) is 12.1 Å². The number of nitrogens with one attached hydrogen (secondary N) is 1. The highest BCUT2D eigenvalue weighted by molar-refractivity contribution is 7.98. The van der Waals surface area contributed by atoms with Gasteiger partial charge in [0.25, 0.3) is 0 Å². The van der Waals surface area contributed by atoms with Gasteiger partial charge in [0.05, 0.1) is 11.0 Å². The predicted octanol–water partition coefficient (Wildman–Crippen LogP) is 1.46. The minimum atomic E-state index is -3.18. The van der Waals surface area contributed by atoms with Gasteiger partial charge in [0, 0.05) is 24.6 Å². The third-order valence-electron chi connectivity index (χ3n) is 2.77. The van der Waals surface area contributed by atoms with E-state index in [4.69, 9.17) is 0 Å². The second kappa shape index (κ2) is 7.28. The van der Waals surface area contributed by atoms with Crippen LogP contribution in [0, 0.1) is 0 Å². The number of rotatable bonds is 7. The van der Waals surface area contributed by atoms with E-state index in [2.05, 4.69) is 12.2 Å². The van der Waals surface area contributed by atoms with Crippen molar-refractivity contribution in [1.82, 2.24) is 5.32 Å². The van der Waals surface area contributed by atoms with Crippen molar-refractivity contribution in [3.8, 4) is 0 Å². The maximum absolute atomic E-state index is 11.3. The first-order valence-electron chi connectivity index (χ1n) is 6.05. The first-order chi connectivity index (χ1) is 8.84. The molecule has 0 saturated heterocycles. The third-order valence-corrected chi connectivity index (χ3v) is 4.73. The van der Waals surface area contributed by atoms with Crippen molar-refractivity contribution in [2.75, 3.05) is 24.8 Å². The lowest BCUT2D eigenvalue weighted by molar-refractivity contribution is 0.172. The Morgan fingerprint density at radius 2 is 1.89 bits per heavy atom. The fourth-order valence-corrected chi connectivity index (χ4v) is 2.93. The van der Waals surface area contributed by atoms with Crippen LogP contribution < -0.4 is 5.32 Å². The Labute approximate surface area is 119 Å². The minimum absolute atomic E-state index is 0.271. The van der Waals surface area contributed by atoms with E-state index in [0.29, 0.717) is 12.6 Å². The molecule has 0 spiro atoms. The molecule has 6 heteroatoms. The zero-order valence-electron chi connectivity index (χ0n) is 11.5. The molecule has 1 rings (SSSR count). The van der Waals surface area contributed by atoms with E-state index in [1.54, 1.807) is 23.9 Å². The molecule has 4 nitrogen and oxygen atoms in total. The zero-order chi connectivity index (χ0) is 14.5. The molecular formula is C13H21NO3S2. The van der Waals surface area contributed by atoms with Gasteiger partial charge >= 0.3 is 0 Å². The Hall–Kier alpha value is -0.560. The molecule has 0 saturated carbocycles. The molecule has 0 bridgehead atoms. The number of hydrogen-bond donors (Lipinski definition) is 2. The SMILES string of the molecule is CSCC(C)NCC(O)c1ccc(S(C)(=O)=O)cc1. The maximum atomic E-state index is 11.3. The molecule has 2 atom stereocenters. The topological polar surface area (TPSA) is 66.4 Å². The highest BCUT2D eigenvalue weighted by Crippen LogP contribution is 2.16. The summed E-state index contributed by atoms with van der Waals surface area (Å²) in [5.41, 5.74) is 0.719. The van der Waals surface area contributed by atoms with Crippen molar-refractivity contribution in [1.29, 1.82) is 0 Å². The molecule has 0 amide bonds. The first-order valence-corrected chi connectivity index (χ1v) is 9.33. The highest BCUT2D eigenvalue weighted by atomic mass is 32.2. The lowest BCUT2D eigenvalue weighted by atomic mass is 10.1. The maximum Gasteiger partial charge on any atom is 0.175 e. The van der Waals surface area contributed by atoms with E-state index in [0.717, 1.165) is 11.3 Å². The van der Waals surface area contributed by atoms with Crippen LogP contribution in [0.2, 0.25) is 0 Å². The van der Waals surface area contributed by atoms with Gasteiger partial charge in [-0.2, -0.15) is 11.8 Å². The largest absolute Gasteiger partial charge is 0.387 e. The van der Waals surface area contributed by atoms with E-state index in [-0.39, 0.29) is 4.90 Å². The Balaban J connectivity index is 2.61. The Bertz CT molecular complexity index is 485. The predicted molar refractivity (Wildman–Crippen MR) is 80.4 cm³/mol. The molecule has 0 aliphatic heterocycles. The van der Waals surface area contributed by atoms with E-state index >= 15 is 0 Å². The Morgan fingerprint density at radius 1 is 1.32 bits per heavy atom. The molecule has 2 N–H and O–H groups in total. The fraction of sp³-hybridized carbons (Fsp3) is 0.538. The van der Waals surface area contributed by atoms with Gasteiger partial charge in [0.1, 0.15) is 0 Å². The summed E-state index contributed by atoms with van der Waals surface area (Å²) in [6.45, 7) is 2.52. The summed E-state index contributed by atoms with van der Waals surface area (Å²) in [5.74, 6) is 0.986. The van der Waals surface area contributed by atoms with Gasteiger partial charge in [-0.25, -0.2) is 8.42 Å². The number of sulfone groups is 1. The molecule has 0 heterocycles. The van der Waals surface area contributed by atoms with E-state index in [9.17, 15) is 13.5 Å². The van der Waals surface area contributed by atoms with E-state index in [1.165, 1.54) is 18.4 Å². The van der Waals surface area contributed by atoms with Crippen molar-refractivity contribution in [3.63, 3.8) is 0 Å². The van der Waals surface area contributed by atoms with Crippen LogP contribution in [-0.4, -0.2) is 44.4 Å². The van der Waals surface area contributed by atoms with Gasteiger partial charge in [-0.3, -0.25) is 0 Å². The zero-order valence-corrected chi connectivity index (χ0v) is 13.1. The van der Waals surface area contributed by atoms with E-state index in [1.807, 2.05) is 6.26 Å². The van der Waals surface area contributed by atoms with Crippen molar-refractivity contribution in [3.05, 3.63) is 29.8 Å². The molecule has 0 aromatic heterocycles. The van der Waals surface area contributed by atoms with Crippen molar-refractivity contribution < 1.29 is 13.5 Å². The van der Waals surface area contributed by atoms with Crippen LogP contribution >= 0.6 is 11.8 Å². The molecule has 1 aromatic rings. The minimum Gasteiger partial charge on any atom is -0.387 e. The van der Waals surface area contributed by atoms with E-state index < -0.39 is 15.9 Å². The average molecular weight is 303 g/mol. The summed E-state index contributed by atoms with van der Waals surface area (Å²) in [6, 6.07) is 6.70. The third kappa shape index (κ3) is 5.52. The molecule has 0 aliphatic rings. The van der Waals surface area contributed by atoms with Crippen LogP contribution in [0.4, 0.5) is 0 Å². The molecule has 2 unspecified atom stereocenters. The molecule has 19 heavy (non-hydrogen) atoms. The van der Waals surface area contributed by atoms with Crippen molar-refractivity contribution in [2.24, 2.45) is 0 Å². The molecule has 0 aliphatic carbocycles. The average Bonchev–Trinajstić information content (AvgIpc) is 2.35. The second-order valence-electron chi connectivity index (χ2n) is 4.62. The molecule has 0 radical (unpaired) electrons. The summed E-state index contributed by atoms with van der Waals surface area (Å²) in [5, 5.41) is 13.3. The smallest absolute Gasteiger partial charge is 0.175 e. The molecule has 1 aromatic carbocycles. The quantitative estimate of drug-likeness (QED) is 0.798. The van der Waals surface area contributed by atoms with Crippen LogP contribution in [0.15, 0.2) is 29.2 Å². The van der Waals surface area contributed by atoms with Gasteiger partial charge in [0.2, 0.25) is 0 Å². The first kappa shape index (κ1) is 16.5. The Morgan fingerprint density at radius 3 is 2.37 bits per heavy atom. The number of aliphatic hydroxyl groups is 1. The monoisotopic (exact) mass is 303 g/mol. The lowest BCUT2D eigenvalue weighted by Crippen LogP contribution is -2.32. The van der Waals surface area contributed by atoms with Crippen molar-refractivity contribution in [2.45, 2.75) is 24.0 Å². The van der Waals surface area contributed by atoms with Gasteiger partial charge in [-0.05, 0) is 30.9 Å². The molecule has 108 valence electrons. The number of benzene rings is 1. The van der Waals surface area contributed by atoms with Gasteiger partial charge in [-0.15, -0.1) is 0 Å². The highest BCUT2D eigenvalue weighted by Gasteiger charge is 2.11. The van der Waals surface area contributed by atoms with Crippen LogP contribution in [0.5, 0.6) is 0 Å². The summed E-state index contributed by atoms with van der Waals surface area (Å²) < 4.78 is 22.6. The normalized spacial score (nSPS) is 15.2. The number of hydrogen-bond acceptors (Lipinski definition) is 5. The molecular weight excluding hydrogens is 282 g/mol. The van der Waals surface area contributed by atoms with Crippen LogP contribution in [0.1, 0.15) is 18.6 Å². The Kier molecular flexibility index (Phi) is 6.32. The summed E-state index contributed by atoms with van der Waals surface area (Å²) in [6.07, 6.45) is 2.58. The standard InChI is InChI=1S/C13H21NO3S2/c1-10(9-18-2)14-8-13(15)11-4-6-12(7-5-11)19(3,16)17/h4-7,10,13-15H,8-9H2,1-3H3. The van der Waals surface area contributed by atoms with Gasteiger partial charge in [0.15, 0.2) is 9.84 Å². The van der Waals surface area contributed by atoms with Crippen LogP contribution in [-0.2, 0) is 9.84 Å². The number of thioether (sulfide) groups is 1. The second-order valence-corrected chi connectivity index (χ2v) is 7.55. The summed E-state index contributed by atoms with van der Waals surface area (Å²) in [7, 11) is -3.18. The lowest BCUT2D eigenvalue weighted by Gasteiger charge is -2.16. The summed E-state index contributed by atoms with van der Waals surface area (Å²) in [4.78, 5) is 0.271. The fourth-order valence-electron chi connectivity index (χ4n) is 1.68. The van der Waals surface area contributed by atoms with Gasteiger partial charge < -0.3 is 10.4 Å². The van der Waals surface area contributed by atoms with Crippen molar-refractivity contribution >= 4 is 21.6 Å². The van der Waals surface area contributed by atoms with Crippen LogP contribution in [0.3, 0.4) is 0 Å². The number of aliphatic hydroxyl groups excluding tert-OH is 1. The summed E-state index contributed by atoms with van der Waals surface area (Å²) >= 11 is 1.75.